The topological polar surface area (TPSA) is 86.3 Å². The fourth-order valence-electron chi connectivity index (χ4n) is 1.70. The Morgan fingerprint density at radius 1 is 1.69 bits per heavy atom. The van der Waals surface area contributed by atoms with E-state index in [2.05, 4.69) is 14.9 Å². The van der Waals surface area contributed by atoms with E-state index in [9.17, 15) is 4.79 Å². The van der Waals surface area contributed by atoms with Gasteiger partial charge in [0.2, 0.25) is 5.95 Å². The number of ether oxygens (including phenoxy) is 1. The highest BCUT2D eigenvalue weighted by Gasteiger charge is 2.17. The van der Waals surface area contributed by atoms with Crippen molar-refractivity contribution in [3.05, 3.63) is 16.8 Å². The Kier molecular flexibility index (Phi) is 3.16. The second-order valence-electron chi connectivity index (χ2n) is 3.87. The molecule has 1 aliphatic heterocycles. The van der Waals surface area contributed by atoms with Crippen LogP contribution in [0.25, 0.3) is 0 Å². The fourth-order valence-corrected chi connectivity index (χ4v) is 1.70. The van der Waals surface area contributed by atoms with Crippen LogP contribution in [-0.4, -0.2) is 45.2 Å². The summed E-state index contributed by atoms with van der Waals surface area (Å²) in [6, 6.07) is 0. The van der Waals surface area contributed by atoms with Gasteiger partial charge in [0.1, 0.15) is 6.33 Å². The van der Waals surface area contributed by atoms with Crippen molar-refractivity contribution in [1.82, 2.24) is 19.4 Å². The Morgan fingerprint density at radius 2 is 2.50 bits per heavy atom. The highest BCUT2D eigenvalue weighted by molar-refractivity contribution is 5.09. The third-order valence-corrected chi connectivity index (χ3v) is 2.46. The molecule has 88 valence electrons. The fraction of sp³-hybridized carbons (Fsp3) is 0.667. The van der Waals surface area contributed by atoms with Crippen LogP contribution in [0.4, 0.5) is 5.95 Å². The quantitative estimate of drug-likeness (QED) is 0.687. The molecule has 1 unspecified atom stereocenters. The Hall–Kier alpha value is -1.47. The van der Waals surface area contributed by atoms with Gasteiger partial charge in [0.25, 0.3) is 0 Å². The average Bonchev–Trinajstić information content (AvgIpc) is 2.22. The summed E-state index contributed by atoms with van der Waals surface area (Å²) in [5.74, 6) is 0.0107. The molecule has 0 radical (unpaired) electrons. The third kappa shape index (κ3) is 2.56. The van der Waals surface area contributed by atoms with Crippen LogP contribution in [0.1, 0.15) is 6.92 Å². The number of anilines is 1. The highest BCUT2D eigenvalue weighted by Crippen LogP contribution is 2.04. The molecule has 0 aliphatic carbocycles. The molecule has 7 nitrogen and oxygen atoms in total. The van der Waals surface area contributed by atoms with Gasteiger partial charge in [-0.25, -0.2) is 9.78 Å². The molecule has 0 spiro atoms. The third-order valence-electron chi connectivity index (χ3n) is 2.46. The van der Waals surface area contributed by atoms with Crippen molar-refractivity contribution in [2.45, 2.75) is 19.7 Å². The number of morpholine rings is 1. The maximum absolute atomic E-state index is 11.5. The van der Waals surface area contributed by atoms with Gasteiger partial charge < -0.3 is 10.5 Å². The van der Waals surface area contributed by atoms with E-state index in [1.807, 2.05) is 6.92 Å². The van der Waals surface area contributed by atoms with Crippen LogP contribution in [0.15, 0.2) is 11.1 Å². The summed E-state index contributed by atoms with van der Waals surface area (Å²) < 4.78 is 6.85. The molecule has 0 saturated carbocycles. The number of hydrogen-bond donors (Lipinski definition) is 1. The lowest BCUT2D eigenvalue weighted by Gasteiger charge is -2.30. The first-order chi connectivity index (χ1) is 7.65. The zero-order valence-electron chi connectivity index (χ0n) is 9.17. The Labute approximate surface area is 92.9 Å². The monoisotopic (exact) mass is 225 g/mol. The van der Waals surface area contributed by atoms with Crippen molar-refractivity contribution in [3.8, 4) is 0 Å². The van der Waals surface area contributed by atoms with Crippen LogP contribution in [0.5, 0.6) is 0 Å². The summed E-state index contributed by atoms with van der Waals surface area (Å²) in [7, 11) is 0. The molecule has 2 heterocycles. The van der Waals surface area contributed by atoms with Gasteiger partial charge in [0.05, 0.1) is 19.4 Å². The van der Waals surface area contributed by atoms with Gasteiger partial charge in [-0.3, -0.25) is 9.47 Å². The number of nitrogens with two attached hydrogens (primary N) is 1. The van der Waals surface area contributed by atoms with Crippen LogP contribution < -0.4 is 11.4 Å². The molecule has 16 heavy (non-hydrogen) atoms. The van der Waals surface area contributed by atoms with E-state index in [1.54, 1.807) is 0 Å². The van der Waals surface area contributed by atoms with Gasteiger partial charge in [-0.05, 0) is 6.92 Å². The van der Waals surface area contributed by atoms with E-state index in [0.29, 0.717) is 13.3 Å². The van der Waals surface area contributed by atoms with Gasteiger partial charge in [-0.15, -0.1) is 0 Å². The van der Waals surface area contributed by atoms with Crippen molar-refractivity contribution >= 4 is 5.95 Å². The zero-order chi connectivity index (χ0) is 11.5. The summed E-state index contributed by atoms with van der Waals surface area (Å²) in [6.45, 7) is 4.78. The molecule has 1 atom stereocenters. The second kappa shape index (κ2) is 4.58. The van der Waals surface area contributed by atoms with E-state index in [0.717, 1.165) is 13.1 Å². The van der Waals surface area contributed by atoms with E-state index < -0.39 is 0 Å². The Balaban J connectivity index is 2.06. The van der Waals surface area contributed by atoms with Crippen molar-refractivity contribution in [1.29, 1.82) is 0 Å². The molecule has 0 bridgehead atoms. The molecule has 1 aliphatic rings. The van der Waals surface area contributed by atoms with Gasteiger partial charge in [-0.1, -0.05) is 0 Å². The minimum atomic E-state index is -0.369. The molecule has 7 heteroatoms. The molecule has 2 rings (SSSR count). The minimum absolute atomic E-state index is 0.0107. The number of nitrogen functional groups attached to an aromatic ring is 1. The summed E-state index contributed by atoms with van der Waals surface area (Å²) >= 11 is 0. The van der Waals surface area contributed by atoms with Crippen molar-refractivity contribution < 1.29 is 4.74 Å². The standard InChI is InChI=1S/C9H15N5O2/c1-7-4-13(2-3-16-7)6-14-5-11-8(10)12-9(14)15/h5,7H,2-4,6H2,1H3,(H2,10,12,15). The van der Waals surface area contributed by atoms with E-state index in [-0.39, 0.29) is 17.7 Å². The van der Waals surface area contributed by atoms with Crippen LogP contribution >= 0.6 is 0 Å². The van der Waals surface area contributed by atoms with Crippen LogP contribution in [0.2, 0.25) is 0 Å². The molecular weight excluding hydrogens is 210 g/mol. The normalized spacial score (nSPS) is 22.2. The highest BCUT2D eigenvalue weighted by atomic mass is 16.5. The lowest BCUT2D eigenvalue weighted by molar-refractivity contribution is -0.0297. The number of rotatable bonds is 2. The maximum Gasteiger partial charge on any atom is 0.353 e. The summed E-state index contributed by atoms with van der Waals surface area (Å²) in [5, 5.41) is 0. The van der Waals surface area contributed by atoms with E-state index in [1.165, 1.54) is 10.9 Å². The predicted octanol–water partition coefficient (Wildman–Crippen LogP) is -1.10. The lowest BCUT2D eigenvalue weighted by atomic mass is 10.3. The molecule has 0 aromatic carbocycles. The van der Waals surface area contributed by atoms with Crippen LogP contribution in [0, 0.1) is 0 Å². The van der Waals surface area contributed by atoms with Crippen LogP contribution in [0.3, 0.4) is 0 Å². The predicted molar refractivity (Wildman–Crippen MR) is 57.7 cm³/mol. The second-order valence-corrected chi connectivity index (χ2v) is 3.87. The average molecular weight is 225 g/mol. The van der Waals surface area contributed by atoms with Gasteiger partial charge >= 0.3 is 5.69 Å². The zero-order valence-corrected chi connectivity index (χ0v) is 9.17. The van der Waals surface area contributed by atoms with Crippen LogP contribution in [-0.2, 0) is 11.4 Å². The van der Waals surface area contributed by atoms with Gasteiger partial charge in [-0.2, -0.15) is 4.98 Å². The van der Waals surface area contributed by atoms with Crippen molar-refractivity contribution in [2.24, 2.45) is 0 Å². The molecule has 1 fully saturated rings. The Morgan fingerprint density at radius 3 is 3.19 bits per heavy atom. The number of nitrogens with zero attached hydrogens (tertiary/aromatic N) is 4. The van der Waals surface area contributed by atoms with E-state index in [4.69, 9.17) is 10.5 Å². The number of aromatic nitrogens is 3. The number of hydrogen-bond acceptors (Lipinski definition) is 6. The molecule has 1 aromatic heterocycles. The Bertz CT molecular complexity index is 419. The smallest absolute Gasteiger partial charge is 0.353 e. The molecule has 1 aromatic rings. The summed E-state index contributed by atoms with van der Waals surface area (Å²) in [6.07, 6.45) is 1.62. The maximum atomic E-state index is 11.5. The first-order valence-corrected chi connectivity index (χ1v) is 5.18. The largest absolute Gasteiger partial charge is 0.376 e. The van der Waals surface area contributed by atoms with Gasteiger partial charge in [0, 0.05) is 13.1 Å². The van der Waals surface area contributed by atoms with E-state index >= 15 is 0 Å². The van der Waals surface area contributed by atoms with Crippen molar-refractivity contribution in [3.63, 3.8) is 0 Å². The molecular formula is C9H15N5O2. The van der Waals surface area contributed by atoms with Crippen molar-refractivity contribution in [2.75, 3.05) is 25.4 Å². The SMILES string of the molecule is CC1CN(Cn2cnc(N)nc2=O)CCO1. The molecule has 0 amide bonds. The first kappa shape index (κ1) is 11.0. The summed E-state index contributed by atoms with van der Waals surface area (Å²) in [5.41, 5.74) is 4.94. The first-order valence-electron chi connectivity index (χ1n) is 5.18. The lowest BCUT2D eigenvalue weighted by Crippen LogP contribution is -2.43. The molecule has 2 N–H and O–H groups in total. The minimum Gasteiger partial charge on any atom is -0.376 e. The van der Waals surface area contributed by atoms with Gasteiger partial charge in [0.15, 0.2) is 0 Å². The molecule has 1 saturated heterocycles. The summed E-state index contributed by atoms with van der Waals surface area (Å²) in [4.78, 5) is 21.0.